The molecule has 0 heterocycles. The van der Waals surface area contributed by atoms with Gasteiger partial charge in [-0.2, -0.15) is 5.10 Å². The number of nitrogens with zero attached hydrogens (tertiary/aromatic N) is 3. The molecule has 0 rings (SSSR count). The van der Waals surface area contributed by atoms with Gasteiger partial charge < -0.3 is 13.7 Å². The summed E-state index contributed by atoms with van der Waals surface area (Å²) in [7, 11) is 13.6. The van der Waals surface area contributed by atoms with E-state index < -0.39 is 0 Å². The van der Waals surface area contributed by atoms with Crippen LogP contribution in [0.5, 0.6) is 0 Å². The fourth-order valence-corrected chi connectivity index (χ4v) is 2.21. The van der Waals surface area contributed by atoms with Gasteiger partial charge in [0, 0.05) is 12.5 Å². The second kappa shape index (κ2) is 11.4. The van der Waals surface area contributed by atoms with Crippen molar-refractivity contribution in [2.45, 2.75) is 0 Å². The van der Waals surface area contributed by atoms with E-state index in [2.05, 4.69) is 43.1 Å². The van der Waals surface area contributed by atoms with Crippen LogP contribution < -0.4 is 5.43 Å². The normalized spacial score (nSPS) is 11.0. The van der Waals surface area contributed by atoms with Crippen molar-refractivity contribution in [3.05, 3.63) is 0 Å². The number of esters is 1. The molecule has 1 N–H and O–H groups in total. The summed E-state index contributed by atoms with van der Waals surface area (Å²) in [4.78, 5) is 21.5. The van der Waals surface area contributed by atoms with Crippen molar-refractivity contribution in [1.82, 2.24) is 5.43 Å². The van der Waals surface area contributed by atoms with E-state index in [9.17, 15) is 9.59 Å². The summed E-state index contributed by atoms with van der Waals surface area (Å²) >= 11 is 1.62. The SMILES string of the molecule is C=NNC(=O)C[N+](C)(C)C.COC(=O)CSCC[N+](C)(C)C. The number of likely N-dealkylation sites (N-methyl/N-ethyl adjacent to an activating group) is 1. The Morgan fingerprint density at radius 2 is 1.68 bits per heavy atom. The Hall–Kier alpha value is -1.12. The maximum absolute atomic E-state index is 10.8. The van der Waals surface area contributed by atoms with E-state index in [1.807, 2.05) is 21.1 Å². The van der Waals surface area contributed by atoms with Crippen molar-refractivity contribution in [1.29, 1.82) is 0 Å². The minimum Gasteiger partial charge on any atom is -0.468 e. The molecule has 0 aliphatic carbocycles. The highest BCUT2D eigenvalue weighted by atomic mass is 32.2. The molecule has 0 spiro atoms. The fraction of sp³-hybridized carbons (Fsp3) is 0.786. The molecule has 7 nitrogen and oxygen atoms in total. The minimum absolute atomic E-state index is 0.109. The van der Waals surface area contributed by atoms with Gasteiger partial charge in [0.1, 0.15) is 0 Å². The number of amides is 1. The predicted octanol–water partition coefficient (Wildman–Crippen LogP) is 0.0232. The molecule has 0 aromatic carbocycles. The zero-order chi connectivity index (χ0) is 17.8. The van der Waals surface area contributed by atoms with Gasteiger partial charge in [0.2, 0.25) is 0 Å². The van der Waals surface area contributed by atoms with Gasteiger partial charge in [-0.1, -0.05) is 0 Å². The lowest BCUT2D eigenvalue weighted by Crippen LogP contribution is -2.42. The Kier molecular flexibility index (Phi) is 12.0. The van der Waals surface area contributed by atoms with Crippen molar-refractivity contribution in [2.75, 3.05) is 74.0 Å². The number of hydrogen-bond donors (Lipinski definition) is 1. The monoisotopic (exact) mass is 336 g/mol. The number of nitrogens with one attached hydrogen (secondary N) is 1. The van der Waals surface area contributed by atoms with Crippen molar-refractivity contribution in [3.63, 3.8) is 0 Å². The topological polar surface area (TPSA) is 67.8 Å². The van der Waals surface area contributed by atoms with Gasteiger partial charge in [0.05, 0.1) is 61.7 Å². The molecule has 0 saturated carbocycles. The summed E-state index contributed by atoms with van der Waals surface area (Å²) in [6, 6.07) is 0. The predicted molar refractivity (Wildman–Crippen MR) is 92.8 cm³/mol. The Bertz CT molecular complexity index is 349. The third kappa shape index (κ3) is 21.2. The van der Waals surface area contributed by atoms with E-state index in [0.717, 1.165) is 16.8 Å². The van der Waals surface area contributed by atoms with Gasteiger partial charge in [-0.05, 0) is 0 Å². The van der Waals surface area contributed by atoms with Gasteiger partial charge in [0.15, 0.2) is 6.54 Å². The van der Waals surface area contributed by atoms with Crippen molar-refractivity contribution >= 4 is 30.4 Å². The molecule has 0 fully saturated rings. The van der Waals surface area contributed by atoms with E-state index >= 15 is 0 Å². The first kappa shape index (κ1) is 23.2. The van der Waals surface area contributed by atoms with Crippen LogP contribution in [-0.2, 0) is 14.3 Å². The second-order valence-corrected chi connectivity index (χ2v) is 7.89. The highest BCUT2D eigenvalue weighted by Gasteiger charge is 2.12. The van der Waals surface area contributed by atoms with Crippen LogP contribution in [-0.4, -0.2) is 102 Å². The summed E-state index contributed by atoms with van der Waals surface area (Å²) in [6.45, 7) is 4.63. The first-order chi connectivity index (χ1) is 9.91. The molecule has 1 amide bonds. The molecule has 0 unspecified atom stereocenters. The number of rotatable bonds is 8. The fourth-order valence-electron chi connectivity index (χ4n) is 1.11. The quantitative estimate of drug-likeness (QED) is 0.223. The Morgan fingerprint density at radius 3 is 2.05 bits per heavy atom. The van der Waals surface area contributed by atoms with Crippen LogP contribution in [0.4, 0.5) is 0 Å². The van der Waals surface area contributed by atoms with Crippen LogP contribution in [0.1, 0.15) is 0 Å². The van der Waals surface area contributed by atoms with Gasteiger partial charge in [-0.15, -0.1) is 11.8 Å². The van der Waals surface area contributed by atoms with Crippen LogP contribution in [0.3, 0.4) is 0 Å². The molecule has 0 atom stereocenters. The Balaban J connectivity index is 0. The summed E-state index contributed by atoms with van der Waals surface area (Å²) in [5, 5.41) is 3.26. The van der Waals surface area contributed by atoms with Crippen molar-refractivity contribution in [2.24, 2.45) is 5.10 Å². The van der Waals surface area contributed by atoms with Crippen LogP contribution in [0.2, 0.25) is 0 Å². The average Bonchev–Trinajstić information content (AvgIpc) is 2.32. The van der Waals surface area contributed by atoms with Gasteiger partial charge in [-0.25, -0.2) is 5.43 Å². The van der Waals surface area contributed by atoms with Crippen LogP contribution in [0.15, 0.2) is 5.10 Å². The molecular formula is C14H32N4O3S+2. The van der Waals surface area contributed by atoms with E-state index in [4.69, 9.17) is 0 Å². The molecule has 0 aliphatic rings. The average molecular weight is 337 g/mol. The number of carbonyl (C=O) groups is 2. The maximum Gasteiger partial charge on any atom is 0.315 e. The molecular weight excluding hydrogens is 304 g/mol. The lowest BCUT2D eigenvalue weighted by Gasteiger charge is -2.23. The van der Waals surface area contributed by atoms with E-state index in [-0.39, 0.29) is 11.9 Å². The van der Waals surface area contributed by atoms with Crippen molar-refractivity contribution in [3.8, 4) is 0 Å². The lowest BCUT2D eigenvalue weighted by atomic mass is 10.5. The van der Waals surface area contributed by atoms with E-state index in [1.54, 1.807) is 11.8 Å². The number of hydrogen-bond acceptors (Lipinski definition) is 5. The molecule has 0 saturated heterocycles. The number of ether oxygens (including phenoxy) is 1. The van der Waals surface area contributed by atoms with Crippen LogP contribution >= 0.6 is 11.8 Å². The smallest absolute Gasteiger partial charge is 0.315 e. The minimum atomic E-state index is -0.138. The number of quaternary nitrogens is 2. The first-order valence-corrected chi connectivity index (χ1v) is 8.07. The molecule has 0 aromatic rings. The number of carbonyl (C=O) groups excluding carboxylic acids is 2. The van der Waals surface area contributed by atoms with Gasteiger partial charge >= 0.3 is 5.97 Å². The maximum atomic E-state index is 10.8. The zero-order valence-corrected chi connectivity index (χ0v) is 15.8. The zero-order valence-electron chi connectivity index (χ0n) is 15.0. The number of thioether (sulfide) groups is 1. The number of hydrazone groups is 1. The summed E-state index contributed by atoms with van der Waals surface area (Å²) in [5.74, 6) is 1.22. The lowest BCUT2D eigenvalue weighted by molar-refractivity contribution is -0.867. The molecule has 0 radical (unpaired) electrons. The third-order valence-corrected chi connectivity index (χ3v) is 3.09. The van der Waals surface area contributed by atoms with E-state index in [1.165, 1.54) is 7.11 Å². The molecule has 0 aliphatic heterocycles. The number of methoxy groups -OCH3 is 1. The highest BCUT2D eigenvalue weighted by molar-refractivity contribution is 7.99. The molecule has 8 heteroatoms. The highest BCUT2D eigenvalue weighted by Crippen LogP contribution is 2.02. The van der Waals surface area contributed by atoms with Crippen LogP contribution in [0.25, 0.3) is 0 Å². The second-order valence-electron chi connectivity index (χ2n) is 6.78. The summed E-state index contributed by atoms with van der Waals surface area (Å²) in [5.41, 5.74) is 2.26. The van der Waals surface area contributed by atoms with Crippen molar-refractivity contribution < 1.29 is 23.3 Å². The largest absolute Gasteiger partial charge is 0.468 e. The van der Waals surface area contributed by atoms with E-state index in [0.29, 0.717) is 16.8 Å². The van der Waals surface area contributed by atoms with Crippen LogP contribution in [0, 0.1) is 0 Å². The molecule has 0 bridgehead atoms. The summed E-state index contributed by atoms with van der Waals surface area (Å²) in [6.07, 6.45) is 0. The third-order valence-electron chi connectivity index (χ3n) is 2.18. The van der Waals surface area contributed by atoms with Gasteiger partial charge in [-0.3, -0.25) is 9.59 Å². The summed E-state index contributed by atoms with van der Waals surface area (Å²) < 4.78 is 6.05. The van der Waals surface area contributed by atoms with Gasteiger partial charge in [0.25, 0.3) is 5.91 Å². The molecule has 130 valence electrons. The molecule has 0 aromatic heterocycles. The molecule has 22 heavy (non-hydrogen) atoms. The Labute approximate surface area is 138 Å². The Morgan fingerprint density at radius 1 is 1.14 bits per heavy atom. The standard InChI is InChI=1S/C8H18NO2S.C6H13N3O/c1-9(2,3)5-6-12-7-8(10)11-4;1-7-8-6(10)5-9(2,3)4/h5-7H2,1-4H3;1,5H2,2-4H3/q+1;/p+1. The first-order valence-electron chi connectivity index (χ1n) is 6.91.